The number of fused-ring (bicyclic) bond motifs is 2. The third-order valence-corrected chi connectivity index (χ3v) is 5.36. The molecule has 0 bridgehead atoms. The second kappa shape index (κ2) is 6.24. The van der Waals surface area contributed by atoms with E-state index in [2.05, 4.69) is 35.3 Å². The molecule has 4 aromatic rings. The Balaban J connectivity index is 1.52. The number of rotatable bonds is 3. The van der Waals surface area contributed by atoms with Gasteiger partial charge in [0.25, 0.3) is 0 Å². The van der Waals surface area contributed by atoms with Crippen LogP contribution in [0.1, 0.15) is 34.8 Å². The van der Waals surface area contributed by atoms with Gasteiger partial charge < -0.3 is 4.74 Å². The second-order valence-electron chi connectivity index (χ2n) is 7.28. The first-order chi connectivity index (χ1) is 13.6. The molecular weight excluding hydrogens is 350 g/mol. The average molecular weight is 369 g/mol. The Labute approximate surface area is 162 Å². The molecule has 0 unspecified atom stereocenters. The molecule has 1 aliphatic rings. The van der Waals surface area contributed by atoms with E-state index in [1.807, 2.05) is 42.3 Å². The third kappa shape index (κ3) is 2.64. The van der Waals surface area contributed by atoms with Crippen LogP contribution in [0.3, 0.4) is 0 Å². The van der Waals surface area contributed by atoms with E-state index in [0.29, 0.717) is 5.56 Å². The summed E-state index contributed by atoms with van der Waals surface area (Å²) in [6, 6.07) is 12.3. The number of hydrogen-bond acceptors (Lipinski definition) is 4. The highest BCUT2D eigenvalue weighted by Crippen LogP contribution is 2.37. The van der Waals surface area contributed by atoms with Gasteiger partial charge in [0.15, 0.2) is 0 Å². The number of nitriles is 1. The highest BCUT2D eigenvalue weighted by Gasteiger charge is 2.25. The molecule has 0 N–H and O–H groups in total. The summed E-state index contributed by atoms with van der Waals surface area (Å²) in [5.74, 6) is 0.861. The third-order valence-electron chi connectivity index (χ3n) is 5.36. The minimum Gasteiger partial charge on any atom is -0.485 e. The molecule has 1 aliphatic carbocycles. The van der Waals surface area contributed by atoms with Crippen LogP contribution in [0.15, 0.2) is 48.9 Å². The second-order valence-corrected chi connectivity index (χ2v) is 7.28. The van der Waals surface area contributed by atoms with Crippen molar-refractivity contribution in [1.82, 2.24) is 19.6 Å². The zero-order chi connectivity index (χ0) is 19.3. The summed E-state index contributed by atoms with van der Waals surface area (Å²) in [7, 11) is 1.89. The fourth-order valence-corrected chi connectivity index (χ4v) is 3.94. The van der Waals surface area contributed by atoms with Crippen LogP contribution in [-0.4, -0.2) is 19.6 Å². The number of benzene rings is 2. The summed E-state index contributed by atoms with van der Waals surface area (Å²) in [6.45, 7) is 2.06. The molecule has 6 nitrogen and oxygen atoms in total. The van der Waals surface area contributed by atoms with Crippen molar-refractivity contribution in [3.8, 4) is 17.5 Å². The van der Waals surface area contributed by atoms with Crippen molar-refractivity contribution in [2.24, 2.45) is 7.05 Å². The summed E-state index contributed by atoms with van der Waals surface area (Å²) >= 11 is 0. The molecule has 2 heterocycles. The fraction of sp³-hybridized carbons (Fsp3) is 0.227. The van der Waals surface area contributed by atoms with E-state index in [9.17, 15) is 0 Å². The number of ether oxygens (including phenoxy) is 1. The Morgan fingerprint density at radius 2 is 2.07 bits per heavy atom. The van der Waals surface area contributed by atoms with Crippen molar-refractivity contribution in [2.45, 2.75) is 25.9 Å². The highest BCUT2D eigenvalue weighted by molar-refractivity contribution is 5.83. The first kappa shape index (κ1) is 16.6. The zero-order valence-corrected chi connectivity index (χ0v) is 15.8. The van der Waals surface area contributed by atoms with E-state index in [4.69, 9.17) is 10.00 Å². The van der Waals surface area contributed by atoms with Crippen LogP contribution in [-0.2, 0) is 13.5 Å². The lowest BCUT2D eigenvalue weighted by atomic mass is 10.1. The number of aryl methyl sites for hydroxylation is 3. The van der Waals surface area contributed by atoms with E-state index < -0.39 is 0 Å². The van der Waals surface area contributed by atoms with E-state index in [0.717, 1.165) is 40.7 Å². The van der Waals surface area contributed by atoms with Crippen molar-refractivity contribution >= 4 is 10.9 Å². The van der Waals surface area contributed by atoms with E-state index in [1.165, 1.54) is 11.1 Å². The van der Waals surface area contributed by atoms with Crippen LogP contribution >= 0.6 is 0 Å². The van der Waals surface area contributed by atoms with Crippen LogP contribution < -0.4 is 4.74 Å². The molecule has 138 valence electrons. The van der Waals surface area contributed by atoms with Gasteiger partial charge in [-0.15, -0.1) is 0 Å². The molecule has 6 heteroatoms. The lowest BCUT2D eigenvalue weighted by molar-refractivity contribution is 0.206. The van der Waals surface area contributed by atoms with Crippen molar-refractivity contribution in [3.05, 3.63) is 71.2 Å². The summed E-state index contributed by atoms with van der Waals surface area (Å²) in [6.07, 6.45) is 7.47. The molecular formula is C22H19N5O. The Hall–Kier alpha value is -3.59. The molecule has 2 aromatic carbocycles. The van der Waals surface area contributed by atoms with Crippen molar-refractivity contribution in [1.29, 1.82) is 5.26 Å². The smallest absolute Gasteiger partial charge is 0.125 e. The predicted octanol–water partition coefficient (Wildman–Crippen LogP) is 4.01. The van der Waals surface area contributed by atoms with Gasteiger partial charge in [-0.2, -0.15) is 15.5 Å². The summed E-state index contributed by atoms with van der Waals surface area (Å²) in [5.41, 5.74) is 6.09. The monoisotopic (exact) mass is 369 g/mol. The van der Waals surface area contributed by atoms with Gasteiger partial charge in [0.05, 0.1) is 35.7 Å². The quantitative estimate of drug-likeness (QED) is 0.547. The van der Waals surface area contributed by atoms with Gasteiger partial charge in [0, 0.05) is 18.5 Å². The molecule has 0 radical (unpaired) electrons. The Morgan fingerprint density at radius 3 is 2.86 bits per heavy atom. The van der Waals surface area contributed by atoms with Crippen molar-refractivity contribution < 1.29 is 4.74 Å². The Bertz CT molecular complexity index is 1240. The molecule has 28 heavy (non-hydrogen) atoms. The van der Waals surface area contributed by atoms with Crippen LogP contribution in [0.4, 0.5) is 0 Å². The van der Waals surface area contributed by atoms with Gasteiger partial charge in [0.1, 0.15) is 17.5 Å². The van der Waals surface area contributed by atoms with E-state index in [1.54, 1.807) is 10.9 Å². The summed E-state index contributed by atoms with van der Waals surface area (Å²) in [5, 5.41) is 18.9. The maximum absolute atomic E-state index is 9.11. The van der Waals surface area contributed by atoms with Crippen LogP contribution in [0.25, 0.3) is 16.6 Å². The molecule has 0 aliphatic heterocycles. The largest absolute Gasteiger partial charge is 0.485 e. The van der Waals surface area contributed by atoms with Gasteiger partial charge in [-0.1, -0.05) is 6.07 Å². The van der Waals surface area contributed by atoms with E-state index >= 15 is 0 Å². The first-order valence-corrected chi connectivity index (χ1v) is 9.29. The summed E-state index contributed by atoms with van der Waals surface area (Å²) in [4.78, 5) is 0. The van der Waals surface area contributed by atoms with Crippen molar-refractivity contribution in [2.75, 3.05) is 0 Å². The van der Waals surface area contributed by atoms with Gasteiger partial charge in [0.2, 0.25) is 0 Å². The average Bonchev–Trinajstić information content (AvgIpc) is 3.40. The number of nitrogens with zero attached hydrogens (tertiary/aromatic N) is 5. The highest BCUT2D eigenvalue weighted by atomic mass is 16.5. The maximum atomic E-state index is 9.11. The molecule has 0 saturated carbocycles. The molecule has 0 saturated heterocycles. The van der Waals surface area contributed by atoms with Gasteiger partial charge in [-0.25, -0.2) is 4.68 Å². The maximum Gasteiger partial charge on any atom is 0.125 e. The van der Waals surface area contributed by atoms with Gasteiger partial charge >= 0.3 is 0 Å². The van der Waals surface area contributed by atoms with Crippen molar-refractivity contribution in [3.63, 3.8) is 0 Å². The molecule has 0 fully saturated rings. The minimum atomic E-state index is 0.00802. The lowest BCUT2D eigenvalue weighted by Gasteiger charge is -2.17. The van der Waals surface area contributed by atoms with Crippen LogP contribution in [0.2, 0.25) is 0 Å². The molecule has 2 aromatic heterocycles. The standard InChI is InChI=1S/C22H19N5O/c1-14-7-17-11-25-27(18-12-24-26(2)13-18)20(17)9-22(14)28-21-6-4-16-8-15(10-23)3-5-19(16)21/h3,5,7-9,11-13,21H,4,6H2,1-2H3/t21-/m0/s1. The normalized spacial score (nSPS) is 15.5. The zero-order valence-electron chi connectivity index (χ0n) is 15.8. The molecule has 5 rings (SSSR count). The topological polar surface area (TPSA) is 68.7 Å². The fourth-order valence-electron chi connectivity index (χ4n) is 3.94. The van der Waals surface area contributed by atoms with Gasteiger partial charge in [-0.3, -0.25) is 4.68 Å². The van der Waals surface area contributed by atoms with Gasteiger partial charge in [-0.05, 0) is 54.7 Å². The number of aromatic nitrogens is 4. The lowest BCUT2D eigenvalue weighted by Crippen LogP contribution is -2.05. The minimum absolute atomic E-state index is 0.00802. The Morgan fingerprint density at radius 1 is 1.18 bits per heavy atom. The molecule has 0 amide bonds. The predicted molar refractivity (Wildman–Crippen MR) is 105 cm³/mol. The SMILES string of the molecule is Cc1cc2cnn(-c3cnn(C)c3)c2cc1O[C@H]1CCc2cc(C#N)ccc21. The van der Waals surface area contributed by atoms with Crippen LogP contribution in [0, 0.1) is 18.3 Å². The number of hydrogen-bond donors (Lipinski definition) is 0. The molecule has 1 atom stereocenters. The van der Waals surface area contributed by atoms with E-state index in [-0.39, 0.29) is 6.10 Å². The summed E-state index contributed by atoms with van der Waals surface area (Å²) < 4.78 is 10.1. The first-order valence-electron chi connectivity index (χ1n) is 9.29. The van der Waals surface area contributed by atoms with Crippen LogP contribution in [0.5, 0.6) is 5.75 Å². The molecule has 0 spiro atoms. The Kier molecular flexibility index (Phi) is 3.69.